The number of Topliss-reactive ketones (excluding diaryl/α,β-unsaturated/α-hetero) is 1. The van der Waals surface area contributed by atoms with Gasteiger partial charge in [-0.2, -0.15) is 0 Å². The predicted octanol–water partition coefficient (Wildman–Crippen LogP) is 15.0. The maximum Gasteiger partial charge on any atom is 0.343 e. The number of rotatable bonds is 19. The molecule has 0 unspecified atom stereocenters. The molecule has 8 aromatic rings. The zero-order valence-corrected chi connectivity index (χ0v) is 37.4. The van der Waals surface area contributed by atoms with Crippen LogP contribution in [0.1, 0.15) is 104 Å². The first-order valence-corrected chi connectivity index (χ1v) is 23.8. The van der Waals surface area contributed by atoms with E-state index >= 15 is 0 Å². The third-order valence-corrected chi connectivity index (χ3v) is 13.6. The van der Waals surface area contributed by atoms with Crippen molar-refractivity contribution in [2.45, 2.75) is 89.2 Å². The molecular formula is C59H52F3NO4. The summed E-state index contributed by atoms with van der Waals surface area (Å²) in [5.41, 5.74) is 5.26. The van der Waals surface area contributed by atoms with Gasteiger partial charge >= 0.3 is 5.97 Å². The Morgan fingerprint density at radius 2 is 1.03 bits per heavy atom. The van der Waals surface area contributed by atoms with Crippen LogP contribution in [-0.2, 0) is 16.1 Å². The molecule has 0 aromatic heterocycles. The Labute approximate surface area is 388 Å². The van der Waals surface area contributed by atoms with Crippen molar-refractivity contribution in [1.82, 2.24) is 5.32 Å². The van der Waals surface area contributed by atoms with Crippen LogP contribution in [0.15, 0.2) is 145 Å². The number of carbonyl (C=O) groups excluding carboxylic acids is 2. The molecule has 2 aliphatic rings. The highest BCUT2D eigenvalue weighted by Gasteiger charge is 2.35. The Bertz CT molecular complexity index is 3070. The summed E-state index contributed by atoms with van der Waals surface area (Å²) in [6, 6.07) is 44.0. The number of ether oxygens (including phenoxy) is 2. The molecule has 0 spiro atoms. The molecule has 1 N–H and O–H groups in total. The largest absolute Gasteiger partial charge is 0.494 e. The van der Waals surface area contributed by atoms with Crippen LogP contribution in [0.5, 0.6) is 5.75 Å². The maximum atomic E-state index is 14.4. The molecule has 0 aliphatic heterocycles. The summed E-state index contributed by atoms with van der Waals surface area (Å²) in [5.74, 6) is -5.17. The summed E-state index contributed by atoms with van der Waals surface area (Å²) < 4.78 is 53.2. The number of benzene rings is 8. The SMILES string of the molecule is O=C(OCc1ccc(OCCCCCCCCCCC2c3c(c4ccccc4c4ccccc34)-c3c2c2ccccc2c2ccccc32)cc1)/C(=C/NC1CC1)C(=O)c1cc(F)c(F)cc1F. The maximum absolute atomic E-state index is 14.4. The van der Waals surface area contributed by atoms with Crippen LogP contribution < -0.4 is 10.1 Å². The van der Waals surface area contributed by atoms with Crippen molar-refractivity contribution in [3.8, 4) is 16.9 Å². The molecule has 8 aromatic carbocycles. The van der Waals surface area contributed by atoms with Crippen LogP contribution in [0, 0.1) is 17.5 Å². The van der Waals surface area contributed by atoms with E-state index in [2.05, 4.69) is 102 Å². The number of halogens is 3. The second kappa shape index (κ2) is 19.5. The summed E-state index contributed by atoms with van der Waals surface area (Å²) in [4.78, 5) is 26.1. The highest BCUT2D eigenvalue weighted by atomic mass is 19.2. The monoisotopic (exact) mass is 895 g/mol. The lowest BCUT2D eigenvalue weighted by molar-refractivity contribution is -0.139. The number of hydrogen-bond donors (Lipinski definition) is 1. The Morgan fingerprint density at radius 1 is 0.552 bits per heavy atom. The second-order valence-corrected chi connectivity index (χ2v) is 18.1. The molecule has 0 atom stereocenters. The van der Waals surface area contributed by atoms with Crippen molar-refractivity contribution in [3.63, 3.8) is 0 Å². The molecule has 2 aliphatic carbocycles. The van der Waals surface area contributed by atoms with E-state index < -0.39 is 40.3 Å². The molecule has 0 saturated heterocycles. The van der Waals surface area contributed by atoms with Gasteiger partial charge < -0.3 is 14.8 Å². The van der Waals surface area contributed by atoms with E-state index in [1.54, 1.807) is 24.3 Å². The number of hydrogen-bond acceptors (Lipinski definition) is 5. The lowest BCUT2D eigenvalue weighted by atomic mass is 9.84. The van der Waals surface area contributed by atoms with E-state index in [0.29, 0.717) is 29.9 Å². The first kappa shape index (κ1) is 43.9. The predicted molar refractivity (Wildman–Crippen MR) is 262 cm³/mol. The Hall–Kier alpha value is -6.93. The molecule has 0 heterocycles. The van der Waals surface area contributed by atoms with Crippen molar-refractivity contribution < 1.29 is 32.2 Å². The van der Waals surface area contributed by atoms with Gasteiger partial charge in [0, 0.05) is 24.2 Å². The van der Waals surface area contributed by atoms with Gasteiger partial charge in [0.2, 0.25) is 5.78 Å². The Morgan fingerprint density at radius 3 is 1.58 bits per heavy atom. The Kier molecular flexibility index (Phi) is 12.8. The van der Waals surface area contributed by atoms with Crippen LogP contribution in [0.4, 0.5) is 13.2 Å². The Balaban J connectivity index is 0.696. The molecule has 5 nitrogen and oxygen atoms in total. The average Bonchev–Trinajstić information content (AvgIpc) is 4.13. The van der Waals surface area contributed by atoms with Gasteiger partial charge in [0.25, 0.3) is 0 Å². The number of ketones is 1. The van der Waals surface area contributed by atoms with Crippen LogP contribution in [-0.4, -0.2) is 24.4 Å². The quantitative estimate of drug-likeness (QED) is 0.0128. The minimum Gasteiger partial charge on any atom is -0.494 e. The summed E-state index contributed by atoms with van der Waals surface area (Å²) in [6.45, 7) is 0.441. The van der Waals surface area contributed by atoms with E-state index in [0.717, 1.165) is 38.5 Å². The highest BCUT2D eigenvalue weighted by molar-refractivity contribution is 6.26. The number of fused-ring (bicyclic) bond motifs is 13. The number of unbranched alkanes of at least 4 members (excludes halogenated alkanes) is 7. The third kappa shape index (κ3) is 9.02. The topological polar surface area (TPSA) is 64.6 Å². The number of nitrogens with one attached hydrogen (secondary N) is 1. The standard InChI is InChI=1S/C59H52F3NO4/c60-51-34-53(62)52(61)33-49(51)58(64)50(35-63-38-28-29-38)59(65)67-36-37-26-30-39(31-27-37)66-32-16-6-4-2-1-3-5-7-25-48-54-44-21-12-8-17-40(44)42-19-10-14-23-46(42)56(54)57-47-24-15-11-20-43(47)41-18-9-13-22-45(41)55(48)57/h8-15,17-24,26-27,30-31,33-35,38,48,63H,1-7,16,25,28-29,32,36H2/b50-35+. The lowest BCUT2D eigenvalue weighted by Crippen LogP contribution is -2.21. The van der Waals surface area contributed by atoms with Crippen molar-refractivity contribution in [2.24, 2.45) is 0 Å². The molecule has 1 saturated carbocycles. The van der Waals surface area contributed by atoms with Crippen LogP contribution in [0.25, 0.3) is 54.2 Å². The third-order valence-electron chi connectivity index (χ3n) is 13.6. The summed E-state index contributed by atoms with van der Waals surface area (Å²) in [7, 11) is 0. The fourth-order valence-electron chi connectivity index (χ4n) is 10.2. The fourth-order valence-corrected chi connectivity index (χ4v) is 10.2. The first-order chi connectivity index (χ1) is 32.9. The first-order valence-electron chi connectivity index (χ1n) is 23.8. The molecule has 0 radical (unpaired) electrons. The van der Waals surface area contributed by atoms with Gasteiger partial charge in [-0.1, -0.05) is 154 Å². The van der Waals surface area contributed by atoms with E-state index in [1.807, 2.05) is 0 Å². The molecule has 1 fully saturated rings. The van der Waals surface area contributed by atoms with Gasteiger partial charge in [-0.15, -0.1) is 0 Å². The van der Waals surface area contributed by atoms with Gasteiger partial charge in [-0.3, -0.25) is 4.79 Å². The van der Waals surface area contributed by atoms with Gasteiger partial charge in [0.15, 0.2) is 11.6 Å². The number of carbonyl (C=O) groups is 2. The van der Waals surface area contributed by atoms with Crippen molar-refractivity contribution >= 4 is 54.8 Å². The summed E-state index contributed by atoms with van der Waals surface area (Å²) >= 11 is 0. The van der Waals surface area contributed by atoms with Crippen molar-refractivity contribution in [3.05, 3.63) is 185 Å². The minimum atomic E-state index is -1.43. The lowest BCUT2D eigenvalue weighted by Gasteiger charge is -2.19. The van der Waals surface area contributed by atoms with E-state index in [9.17, 15) is 22.8 Å². The summed E-state index contributed by atoms with van der Waals surface area (Å²) in [6.07, 6.45) is 13.2. The summed E-state index contributed by atoms with van der Waals surface area (Å²) in [5, 5.41) is 13.7. The van der Waals surface area contributed by atoms with E-state index in [1.165, 1.54) is 104 Å². The zero-order chi connectivity index (χ0) is 45.9. The van der Waals surface area contributed by atoms with E-state index in [4.69, 9.17) is 9.47 Å². The molecule has 10 rings (SSSR count). The molecule has 338 valence electrons. The fraction of sp³-hybridized carbons (Fsp3) is 0.254. The molecule has 0 bridgehead atoms. The van der Waals surface area contributed by atoms with Crippen LogP contribution >= 0.6 is 0 Å². The molecular weight excluding hydrogens is 844 g/mol. The van der Waals surface area contributed by atoms with Crippen molar-refractivity contribution in [1.29, 1.82) is 0 Å². The minimum absolute atomic E-state index is 0.0768. The van der Waals surface area contributed by atoms with Gasteiger partial charge in [0.1, 0.15) is 23.7 Å². The normalized spacial score (nSPS) is 13.6. The van der Waals surface area contributed by atoms with Gasteiger partial charge in [-0.05, 0) is 115 Å². The molecule has 8 heteroatoms. The zero-order valence-electron chi connectivity index (χ0n) is 37.4. The molecule has 67 heavy (non-hydrogen) atoms. The smallest absolute Gasteiger partial charge is 0.343 e. The van der Waals surface area contributed by atoms with Gasteiger partial charge in [0.05, 0.1) is 12.2 Å². The van der Waals surface area contributed by atoms with Crippen LogP contribution in [0.2, 0.25) is 0 Å². The van der Waals surface area contributed by atoms with Gasteiger partial charge in [-0.25, -0.2) is 18.0 Å². The van der Waals surface area contributed by atoms with Crippen molar-refractivity contribution in [2.75, 3.05) is 6.61 Å². The molecule has 0 amide bonds. The van der Waals surface area contributed by atoms with E-state index in [-0.39, 0.29) is 18.7 Å². The highest BCUT2D eigenvalue weighted by Crippen LogP contribution is 2.57. The number of esters is 1. The second-order valence-electron chi connectivity index (χ2n) is 18.1. The average molecular weight is 896 g/mol. The van der Waals surface area contributed by atoms with Crippen LogP contribution in [0.3, 0.4) is 0 Å².